The van der Waals surface area contributed by atoms with Crippen LogP contribution in [0.2, 0.25) is 0 Å². The average molecular weight is 301 g/mol. The Morgan fingerprint density at radius 3 is 2.25 bits per heavy atom. The second kappa shape index (κ2) is 5.58. The molecule has 0 aliphatic carbocycles. The lowest BCUT2D eigenvalue weighted by Gasteiger charge is -2.44. The van der Waals surface area contributed by atoms with Gasteiger partial charge in [0.1, 0.15) is 17.4 Å². The molecule has 1 amide bonds. The van der Waals surface area contributed by atoms with Crippen LogP contribution in [0.3, 0.4) is 0 Å². The Hall–Kier alpha value is -0.710. The number of hydrogen-bond donors (Lipinski definition) is 0. The van der Waals surface area contributed by atoms with Crippen molar-refractivity contribution >= 4 is 24.1 Å². The van der Waals surface area contributed by atoms with E-state index in [9.17, 15) is 9.59 Å². The lowest BCUT2D eigenvalue weighted by molar-refractivity contribution is -0.120. The van der Waals surface area contributed by atoms with Crippen LogP contribution in [-0.4, -0.2) is 46.0 Å². The second-order valence-electron chi connectivity index (χ2n) is 7.18. The van der Waals surface area contributed by atoms with Gasteiger partial charge in [0.15, 0.2) is 0 Å². The van der Waals surface area contributed by atoms with Gasteiger partial charge in [0.2, 0.25) is 0 Å². The number of amides is 1. The van der Waals surface area contributed by atoms with Crippen molar-refractivity contribution in [1.82, 2.24) is 4.90 Å². The van der Waals surface area contributed by atoms with Crippen LogP contribution in [0, 0.1) is 5.92 Å². The highest BCUT2D eigenvalue weighted by Crippen LogP contribution is 2.48. The first-order valence-corrected chi connectivity index (χ1v) is 8.00. The Morgan fingerprint density at radius 1 is 1.35 bits per heavy atom. The molecule has 0 spiro atoms. The third-order valence-electron chi connectivity index (χ3n) is 4.05. The second-order valence-corrected chi connectivity index (χ2v) is 8.93. The molecule has 0 aromatic rings. The minimum atomic E-state index is -0.838. The summed E-state index contributed by atoms with van der Waals surface area (Å²) in [5, 5.41) is 0. The number of nitrogens with zero attached hydrogens (tertiary/aromatic N) is 1. The summed E-state index contributed by atoms with van der Waals surface area (Å²) in [4.78, 5) is 25.5. The van der Waals surface area contributed by atoms with Crippen LogP contribution in [0.5, 0.6) is 0 Å². The van der Waals surface area contributed by atoms with Crippen LogP contribution in [0.1, 0.15) is 48.0 Å². The predicted octanol–water partition coefficient (Wildman–Crippen LogP) is 3.34. The molecule has 116 valence electrons. The molecule has 1 aliphatic rings. The van der Waals surface area contributed by atoms with Crippen molar-refractivity contribution in [2.75, 3.05) is 12.8 Å². The van der Waals surface area contributed by atoms with Crippen LogP contribution in [0.25, 0.3) is 0 Å². The Morgan fingerprint density at radius 2 is 1.90 bits per heavy atom. The predicted molar refractivity (Wildman–Crippen MR) is 83.1 cm³/mol. The summed E-state index contributed by atoms with van der Waals surface area (Å²) in [7, 11) is 1.65. The molecule has 0 aromatic heterocycles. The third-order valence-corrected chi connectivity index (χ3v) is 5.52. The first kappa shape index (κ1) is 17.3. The Labute approximate surface area is 126 Å². The molecular weight excluding hydrogens is 274 g/mol. The number of rotatable bonds is 3. The minimum Gasteiger partial charge on any atom is -0.444 e. The van der Waals surface area contributed by atoms with Gasteiger partial charge in [-0.3, -0.25) is 4.90 Å². The molecule has 0 radical (unpaired) electrons. The Balaban J connectivity index is 2.99. The first-order chi connectivity index (χ1) is 8.94. The maximum Gasteiger partial charge on any atom is 0.410 e. The van der Waals surface area contributed by atoms with Gasteiger partial charge in [-0.2, -0.15) is 11.8 Å². The fourth-order valence-corrected chi connectivity index (χ4v) is 4.24. The molecule has 0 bridgehead atoms. The highest BCUT2D eigenvalue weighted by atomic mass is 32.2. The van der Waals surface area contributed by atoms with Crippen molar-refractivity contribution in [3.05, 3.63) is 0 Å². The molecule has 2 atom stereocenters. The molecule has 1 heterocycles. The molecule has 1 aliphatic heterocycles. The van der Waals surface area contributed by atoms with Gasteiger partial charge in [0.05, 0.1) is 0 Å². The first-order valence-electron chi connectivity index (χ1n) is 7.01. The molecule has 1 saturated heterocycles. The highest BCUT2D eigenvalue weighted by molar-refractivity contribution is 8.00. The fraction of sp³-hybridized carbons (Fsp3) is 0.867. The summed E-state index contributed by atoms with van der Waals surface area (Å²) < 4.78 is 5.37. The molecule has 2 unspecified atom stereocenters. The van der Waals surface area contributed by atoms with E-state index in [2.05, 4.69) is 13.8 Å². The van der Waals surface area contributed by atoms with E-state index in [-0.39, 0.29) is 10.7 Å². The SMILES string of the molecule is CN(C(=O)OC(C)(C)C)C(C)(C=O)C1CCSC1(C)C. The summed E-state index contributed by atoms with van der Waals surface area (Å²) in [6, 6.07) is 0. The van der Waals surface area contributed by atoms with Crippen LogP contribution >= 0.6 is 11.8 Å². The van der Waals surface area contributed by atoms with E-state index in [0.29, 0.717) is 0 Å². The van der Waals surface area contributed by atoms with Crippen LogP contribution in [0.4, 0.5) is 4.79 Å². The maximum absolute atomic E-state index is 12.3. The van der Waals surface area contributed by atoms with Crippen molar-refractivity contribution in [1.29, 1.82) is 0 Å². The van der Waals surface area contributed by atoms with Crippen LogP contribution < -0.4 is 0 Å². The van der Waals surface area contributed by atoms with E-state index in [4.69, 9.17) is 4.74 Å². The minimum absolute atomic E-state index is 0.0219. The van der Waals surface area contributed by atoms with Gasteiger partial charge < -0.3 is 9.53 Å². The number of carbonyl (C=O) groups excluding carboxylic acids is 2. The van der Waals surface area contributed by atoms with Gasteiger partial charge in [-0.05, 0) is 39.9 Å². The van der Waals surface area contributed by atoms with E-state index >= 15 is 0 Å². The fourth-order valence-electron chi connectivity index (χ4n) is 2.81. The maximum atomic E-state index is 12.3. The molecule has 1 rings (SSSR count). The molecular formula is C15H27NO3S. The van der Waals surface area contributed by atoms with E-state index in [1.807, 2.05) is 39.5 Å². The standard InChI is InChI=1S/C15H27NO3S/c1-13(2,3)19-12(18)16(7)15(6,10-17)11-8-9-20-14(11,4)5/h10-11H,8-9H2,1-7H3. The van der Waals surface area contributed by atoms with Gasteiger partial charge in [-0.25, -0.2) is 4.79 Å². The number of aldehydes is 1. The molecule has 0 N–H and O–H groups in total. The van der Waals surface area contributed by atoms with Gasteiger partial charge in [0, 0.05) is 17.7 Å². The molecule has 1 fully saturated rings. The molecule has 4 nitrogen and oxygen atoms in total. The summed E-state index contributed by atoms with van der Waals surface area (Å²) in [6.07, 6.45) is 1.38. The molecule has 20 heavy (non-hydrogen) atoms. The van der Waals surface area contributed by atoms with Crippen molar-refractivity contribution in [3.8, 4) is 0 Å². The summed E-state index contributed by atoms with van der Waals surface area (Å²) in [5.74, 6) is 1.14. The summed E-state index contributed by atoms with van der Waals surface area (Å²) in [5.41, 5.74) is -1.40. The van der Waals surface area contributed by atoms with E-state index in [1.165, 1.54) is 4.90 Å². The zero-order valence-electron chi connectivity index (χ0n) is 13.6. The van der Waals surface area contributed by atoms with Gasteiger partial charge in [-0.15, -0.1) is 0 Å². The Kier molecular flexibility index (Phi) is 4.84. The molecule has 5 heteroatoms. The lowest BCUT2D eigenvalue weighted by atomic mass is 9.76. The third kappa shape index (κ3) is 3.48. The van der Waals surface area contributed by atoms with E-state index in [0.717, 1.165) is 18.5 Å². The summed E-state index contributed by atoms with van der Waals surface area (Å²) >= 11 is 1.85. The van der Waals surface area contributed by atoms with E-state index in [1.54, 1.807) is 7.05 Å². The van der Waals surface area contributed by atoms with Gasteiger partial charge >= 0.3 is 6.09 Å². The number of hydrogen-bond acceptors (Lipinski definition) is 4. The van der Waals surface area contributed by atoms with E-state index < -0.39 is 17.2 Å². The monoisotopic (exact) mass is 301 g/mol. The van der Waals surface area contributed by atoms with Gasteiger partial charge in [-0.1, -0.05) is 13.8 Å². The highest BCUT2D eigenvalue weighted by Gasteiger charge is 2.51. The summed E-state index contributed by atoms with van der Waals surface area (Å²) in [6.45, 7) is 11.6. The van der Waals surface area contributed by atoms with Crippen molar-refractivity contribution in [2.45, 2.75) is 63.9 Å². The van der Waals surface area contributed by atoms with Crippen LogP contribution in [0.15, 0.2) is 0 Å². The normalized spacial score (nSPS) is 24.9. The van der Waals surface area contributed by atoms with Crippen molar-refractivity contribution in [2.24, 2.45) is 5.92 Å². The average Bonchev–Trinajstić information content (AvgIpc) is 2.65. The topological polar surface area (TPSA) is 46.6 Å². The zero-order valence-corrected chi connectivity index (χ0v) is 14.5. The molecule has 0 saturated carbocycles. The molecule has 0 aromatic carbocycles. The lowest BCUT2D eigenvalue weighted by Crippen LogP contribution is -2.58. The number of ether oxygens (including phenoxy) is 1. The number of likely N-dealkylation sites (N-methyl/N-ethyl adjacent to an activating group) is 1. The largest absolute Gasteiger partial charge is 0.444 e. The van der Waals surface area contributed by atoms with Crippen molar-refractivity contribution in [3.63, 3.8) is 0 Å². The van der Waals surface area contributed by atoms with Gasteiger partial charge in [0.25, 0.3) is 0 Å². The zero-order chi connectivity index (χ0) is 15.8. The number of carbonyl (C=O) groups is 2. The number of thioether (sulfide) groups is 1. The quantitative estimate of drug-likeness (QED) is 0.750. The smallest absolute Gasteiger partial charge is 0.410 e. The van der Waals surface area contributed by atoms with Crippen LogP contribution in [-0.2, 0) is 9.53 Å². The van der Waals surface area contributed by atoms with Crippen molar-refractivity contribution < 1.29 is 14.3 Å². The Bertz CT molecular complexity index is 389.